The van der Waals surface area contributed by atoms with Crippen molar-refractivity contribution in [1.29, 1.82) is 0 Å². The van der Waals surface area contributed by atoms with Gasteiger partial charge in [-0.3, -0.25) is 29.8 Å². The largest absolute Gasteiger partial charge is 0.487 e. The van der Waals surface area contributed by atoms with Gasteiger partial charge in [0, 0.05) is 95.1 Å². The zero-order chi connectivity index (χ0) is 60.7. The molecule has 2 aromatic heterocycles. The van der Waals surface area contributed by atoms with Crippen LogP contribution in [0.2, 0.25) is 0 Å². The van der Waals surface area contributed by atoms with Crippen LogP contribution in [0.3, 0.4) is 0 Å². The van der Waals surface area contributed by atoms with Gasteiger partial charge in [0.05, 0.1) is 41.8 Å². The van der Waals surface area contributed by atoms with Crippen LogP contribution in [0, 0.1) is 20.2 Å². The van der Waals surface area contributed by atoms with E-state index >= 15 is 0 Å². The first kappa shape index (κ1) is 59.7. The number of hydrogen-bond donors (Lipinski definition) is 8. The summed E-state index contributed by atoms with van der Waals surface area (Å²) in [6.07, 6.45) is 0. The number of nitrogens with one attached hydrogen (secondary N) is 4. The Morgan fingerprint density at radius 3 is 1.33 bits per heavy atom. The van der Waals surface area contributed by atoms with E-state index in [9.17, 15) is 80.2 Å². The van der Waals surface area contributed by atoms with E-state index in [0.29, 0.717) is 44.3 Å². The molecule has 440 valence electrons. The second-order valence-electron chi connectivity index (χ2n) is 19.1. The minimum absolute atomic E-state index is 0.0267. The van der Waals surface area contributed by atoms with Crippen LogP contribution in [-0.2, 0) is 38.4 Å². The molecule has 0 saturated heterocycles. The maximum absolute atomic E-state index is 14.3. The van der Waals surface area contributed by atoms with Gasteiger partial charge in [-0.2, -0.15) is 9.25 Å². The smallest absolute Gasteiger partial charge is 0.351 e. The SMILES string of the molecule is CCN(OP(=O)(O)O)S(=O)(=O)c1ccc2c3c(cc([N+](=O)[O-])c2c1)N(C(=O)c1cc2cc(NC(=O)Nc4ccc5[nH]c(C(=O)N6CC(CCl)c7c6cc([N+](=O)[O-])c6cc(S(=O)(=O)N(CC)OP(=O)(O)O)ccc76)cc5c4)ccc2[nH]1)CC3CCl. The highest BCUT2D eigenvalue weighted by atomic mass is 35.5. The van der Waals surface area contributed by atoms with Gasteiger partial charge in [0.25, 0.3) is 43.2 Å². The zero-order valence-electron chi connectivity index (χ0n) is 43.2. The second-order valence-corrected chi connectivity index (χ2v) is 25.6. The van der Waals surface area contributed by atoms with Gasteiger partial charge in [0.2, 0.25) is 0 Å². The predicted octanol–water partition coefficient (Wildman–Crippen LogP) is 8.45. The number of aromatic nitrogens is 2. The first-order valence-electron chi connectivity index (χ1n) is 24.7. The first-order chi connectivity index (χ1) is 39.5. The van der Waals surface area contributed by atoms with E-state index in [2.05, 4.69) is 29.9 Å². The highest BCUT2D eigenvalue weighted by Crippen LogP contribution is 2.49. The number of halogens is 2. The summed E-state index contributed by atoms with van der Waals surface area (Å²) in [4.78, 5) is 110. The molecule has 2 atom stereocenters. The Bertz CT molecular complexity index is 4200. The van der Waals surface area contributed by atoms with Crippen molar-refractivity contribution in [3.63, 3.8) is 0 Å². The number of carbonyl (C=O) groups excluding carboxylic acids is 3. The molecule has 84 heavy (non-hydrogen) atoms. The van der Waals surface area contributed by atoms with Crippen LogP contribution in [-0.4, -0.2) is 121 Å². The summed E-state index contributed by atoms with van der Waals surface area (Å²) >= 11 is 12.8. The maximum Gasteiger partial charge on any atom is 0.487 e. The van der Waals surface area contributed by atoms with Gasteiger partial charge >= 0.3 is 21.7 Å². The molecule has 6 aromatic carbocycles. The number of aromatic amines is 2. The molecule has 29 nitrogen and oxygen atoms in total. The number of sulfonamides is 2. The lowest BCUT2D eigenvalue weighted by molar-refractivity contribution is -0.383. The van der Waals surface area contributed by atoms with E-state index in [0.717, 1.165) is 36.4 Å². The molecule has 2 aliphatic rings. The number of anilines is 4. The number of nitrogens with zero attached hydrogens (tertiary/aromatic N) is 6. The molecule has 10 rings (SSSR count). The Labute approximate surface area is 483 Å². The van der Waals surface area contributed by atoms with Gasteiger partial charge in [-0.1, -0.05) is 21.1 Å². The summed E-state index contributed by atoms with van der Waals surface area (Å²) in [6, 6.07) is 20.8. The third-order valence-corrected chi connectivity index (χ3v) is 19.2. The lowest BCUT2D eigenvalue weighted by Crippen LogP contribution is -2.30. The molecule has 2 unspecified atom stereocenters. The number of hydroxylamine groups is 2. The van der Waals surface area contributed by atoms with Crippen molar-refractivity contribution in [1.82, 2.24) is 18.9 Å². The zero-order valence-corrected chi connectivity index (χ0v) is 48.1. The van der Waals surface area contributed by atoms with E-state index in [1.807, 2.05) is 0 Å². The van der Waals surface area contributed by atoms with Crippen LogP contribution in [0.1, 0.15) is 57.8 Å². The molecule has 8 N–H and O–H groups in total. The number of fused-ring (bicyclic) bond motifs is 8. The van der Waals surface area contributed by atoms with Crippen molar-refractivity contribution >= 4 is 154 Å². The Morgan fingerprint density at radius 2 is 1.00 bits per heavy atom. The lowest BCUT2D eigenvalue weighted by Gasteiger charge is -2.20. The van der Waals surface area contributed by atoms with Crippen molar-refractivity contribution in [3.8, 4) is 0 Å². The molecule has 0 saturated carbocycles. The van der Waals surface area contributed by atoms with Gasteiger partial charge in [0.1, 0.15) is 11.4 Å². The number of phosphoric acid groups is 2. The number of rotatable bonds is 18. The molecule has 4 heterocycles. The van der Waals surface area contributed by atoms with Crippen LogP contribution in [0.25, 0.3) is 43.4 Å². The maximum atomic E-state index is 14.3. The summed E-state index contributed by atoms with van der Waals surface area (Å²) in [5, 5.41) is 31.6. The summed E-state index contributed by atoms with van der Waals surface area (Å²) in [5.41, 5.74) is 1.64. The molecular formula is C49H44Cl2N10O19P2S2. The van der Waals surface area contributed by atoms with E-state index in [1.54, 1.807) is 36.4 Å². The van der Waals surface area contributed by atoms with Gasteiger partial charge < -0.3 is 50.0 Å². The van der Waals surface area contributed by atoms with Crippen molar-refractivity contribution in [3.05, 3.63) is 140 Å². The van der Waals surface area contributed by atoms with E-state index in [-0.39, 0.29) is 78.1 Å². The van der Waals surface area contributed by atoms with Gasteiger partial charge in [-0.25, -0.2) is 30.8 Å². The number of H-pyrrole nitrogens is 2. The fourth-order valence-electron chi connectivity index (χ4n) is 10.4. The number of nitro groups is 2. The second kappa shape index (κ2) is 22.2. The van der Waals surface area contributed by atoms with E-state index in [4.69, 9.17) is 23.2 Å². The van der Waals surface area contributed by atoms with Crippen LogP contribution >= 0.6 is 38.8 Å². The number of urea groups is 1. The number of hydrogen-bond acceptors (Lipinski definition) is 15. The molecule has 8 aromatic rings. The van der Waals surface area contributed by atoms with Crippen molar-refractivity contribution in [2.24, 2.45) is 0 Å². The number of carbonyl (C=O) groups is 3. The predicted molar refractivity (Wildman–Crippen MR) is 306 cm³/mol. The number of non-ortho nitro benzene ring substituents is 2. The average molecular weight is 1270 g/mol. The van der Waals surface area contributed by atoms with Crippen molar-refractivity contribution in [2.75, 3.05) is 58.4 Å². The summed E-state index contributed by atoms with van der Waals surface area (Å²) in [5.74, 6) is -2.48. The molecular weight excluding hydrogens is 1230 g/mol. The standard InChI is InChI=1S/C49H44Cl2N10O19P2S2/c1-3-58(79-81(69,70)71)83(75,76)31-7-9-33-35(17-31)41(60(65)66)19-43-45(33)27(21-50)23-56(43)47(62)39-15-25-13-29(5-11-37(25)54-39)52-49(64)53-30-6-12-38-26(14-30)16-40(55-38)48(63)57-24-28(22-51)46-34-10-8-32(18-36(34)42(61(67)68)20-44(46)57)84(77,78)59(4-2)80-82(72,73)74/h5-20,27-28,54-55H,3-4,21-24H2,1-2H3,(H2,52,53,64)(H2,69,70,71)(H2,72,73,74). The molecule has 35 heteroatoms. The minimum atomic E-state index is -5.33. The normalized spacial score (nSPS) is 15.6. The molecule has 0 fully saturated rings. The van der Waals surface area contributed by atoms with Crippen LogP contribution < -0.4 is 20.4 Å². The van der Waals surface area contributed by atoms with Crippen LogP contribution in [0.4, 0.5) is 38.9 Å². The molecule has 0 aliphatic carbocycles. The average Bonchev–Trinajstić information content (AvgIpc) is 2.02. The topological polar surface area (TPSA) is 408 Å². The third kappa shape index (κ3) is 11.1. The van der Waals surface area contributed by atoms with E-state index in [1.165, 1.54) is 47.9 Å². The highest BCUT2D eigenvalue weighted by molar-refractivity contribution is 7.89. The molecule has 4 amide bonds. The monoisotopic (exact) mass is 1270 g/mol. The molecule has 0 radical (unpaired) electrons. The Morgan fingerprint density at radius 1 is 0.619 bits per heavy atom. The van der Waals surface area contributed by atoms with Gasteiger partial charge in [-0.15, -0.1) is 23.2 Å². The molecule has 0 spiro atoms. The van der Waals surface area contributed by atoms with Gasteiger partial charge in [-0.05, 0) is 109 Å². The highest BCUT2D eigenvalue weighted by Gasteiger charge is 2.41. The number of alkyl halides is 2. The number of benzene rings is 6. The van der Waals surface area contributed by atoms with E-state index < -0.39 is 109 Å². The lowest BCUT2D eigenvalue weighted by atomic mass is 9.95. The Kier molecular flexibility index (Phi) is 15.8. The summed E-state index contributed by atoms with van der Waals surface area (Å²) in [6.45, 7) is 1.41. The molecule has 2 aliphatic heterocycles. The van der Waals surface area contributed by atoms with Crippen molar-refractivity contribution in [2.45, 2.75) is 35.5 Å². The summed E-state index contributed by atoms with van der Waals surface area (Å²) in [7, 11) is -20.2. The quantitative estimate of drug-likeness (QED) is 0.0173. The van der Waals surface area contributed by atoms with Crippen molar-refractivity contribution < 1.29 is 79.0 Å². The fraction of sp³-hybridized carbons (Fsp3) is 0.204. The Balaban J connectivity index is 0.857. The minimum Gasteiger partial charge on any atom is -0.351 e. The number of nitro benzene ring substituents is 2. The summed E-state index contributed by atoms with van der Waals surface area (Å²) < 4.78 is 85.6. The molecule has 0 bridgehead atoms. The van der Waals surface area contributed by atoms with Gasteiger partial charge in [0.15, 0.2) is 0 Å². The Hall–Kier alpha value is -7.45. The van der Waals surface area contributed by atoms with Crippen LogP contribution in [0.15, 0.2) is 107 Å². The first-order valence-corrected chi connectivity index (χ1v) is 31.7. The fourth-order valence-corrected chi connectivity index (χ4v) is 15.0. The third-order valence-electron chi connectivity index (χ3n) is 13.9. The van der Waals surface area contributed by atoms with Crippen LogP contribution in [0.5, 0.6) is 0 Å². The number of amides is 4.